The molecule has 7 heteroatoms. The first-order chi connectivity index (χ1) is 12.2. The molecule has 1 N–H and O–H groups in total. The van der Waals surface area contributed by atoms with Gasteiger partial charge < -0.3 is 19.9 Å². The standard InChI is InChI=1S/C18H23N5O2/c1-14(24)22-9-11-23(12-10-22)18-19-8-7-17(21-18)20-13-15-3-5-16(25-2)6-4-15/h3-8H,9-13H2,1-2H3,(H,19,20,21). The van der Waals surface area contributed by atoms with Crippen LogP contribution in [-0.4, -0.2) is 54.1 Å². The zero-order valence-corrected chi connectivity index (χ0v) is 14.6. The van der Waals surface area contributed by atoms with Gasteiger partial charge >= 0.3 is 0 Å². The second kappa shape index (κ2) is 7.83. The van der Waals surface area contributed by atoms with Gasteiger partial charge in [0.2, 0.25) is 11.9 Å². The van der Waals surface area contributed by atoms with E-state index >= 15 is 0 Å². The molecule has 1 amide bonds. The number of nitrogens with zero attached hydrogens (tertiary/aromatic N) is 4. The van der Waals surface area contributed by atoms with Crippen molar-refractivity contribution in [3.8, 4) is 5.75 Å². The number of aromatic nitrogens is 2. The van der Waals surface area contributed by atoms with Crippen LogP contribution in [0.3, 0.4) is 0 Å². The van der Waals surface area contributed by atoms with Crippen molar-refractivity contribution in [1.82, 2.24) is 14.9 Å². The molecule has 0 unspecified atom stereocenters. The Labute approximate surface area is 147 Å². The van der Waals surface area contributed by atoms with Crippen molar-refractivity contribution < 1.29 is 9.53 Å². The average Bonchev–Trinajstić information content (AvgIpc) is 2.67. The van der Waals surface area contributed by atoms with Gasteiger partial charge in [0, 0.05) is 45.8 Å². The van der Waals surface area contributed by atoms with Gasteiger partial charge in [-0.25, -0.2) is 4.98 Å². The number of carbonyl (C=O) groups excluding carboxylic acids is 1. The Morgan fingerprint density at radius 3 is 2.52 bits per heavy atom. The van der Waals surface area contributed by atoms with Crippen LogP contribution < -0.4 is 15.0 Å². The summed E-state index contributed by atoms with van der Waals surface area (Å²) in [6, 6.07) is 9.79. The fraction of sp³-hybridized carbons (Fsp3) is 0.389. The van der Waals surface area contributed by atoms with E-state index in [0.29, 0.717) is 25.6 Å². The molecular formula is C18H23N5O2. The molecular weight excluding hydrogens is 318 g/mol. The highest BCUT2D eigenvalue weighted by Gasteiger charge is 2.20. The van der Waals surface area contributed by atoms with Crippen molar-refractivity contribution in [1.29, 1.82) is 0 Å². The van der Waals surface area contributed by atoms with Crippen LogP contribution in [0.1, 0.15) is 12.5 Å². The smallest absolute Gasteiger partial charge is 0.227 e. The lowest BCUT2D eigenvalue weighted by Crippen LogP contribution is -2.48. The summed E-state index contributed by atoms with van der Waals surface area (Å²) >= 11 is 0. The molecule has 0 spiro atoms. The molecule has 25 heavy (non-hydrogen) atoms. The molecule has 0 aliphatic carbocycles. The SMILES string of the molecule is COc1ccc(CNc2ccnc(N3CCN(C(C)=O)CC3)n2)cc1. The van der Waals surface area contributed by atoms with E-state index in [1.165, 1.54) is 0 Å². The fourth-order valence-electron chi connectivity index (χ4n) is 2.76. The quantitative estimate of drug-likeness (QED) is 0.894. The molecule has 0 bridgehead atoms. The Balaban J connectivity index is 1.58. The Kier molecular flexibility index (Phi) is 5.33. The van der Waals surface area contributed by atoms with E-state index in [4.69, 9.17) is 4.74 Å². The molecule has 1 aromatic carbocycles. The van der Waals surface area contributed by atoms with Gasteiger partial charge in [0.15, 0.2) is 0 Å². The van der Waals surface area contributed by atoms with E-state index in [9.17, 15) is 4.79 Å². The van der Waals surface area contributed by atoms with Crippen molar-refractivity contribution in [3.05, 3.63) is 42.1 Å². The lowest BCUT2D eigenvalue weighted by Gasteiger charge is -2.34. The summed E-state index contributed by atoms with van der Waals surface area (Å²) in [5, 5.41) is 3.32. The van der Waals surface area contributed by atoms with Gasteiger partial charge in [-0.2, -0.15) is 4.98 Å². The number of piperazine rings is 1. The van der Waals surface area contributed by atoms with Gasteiger partial charge in [-0.05, 0) is 23.8 Å². The van der Waals surface area contributed by atoms with Crippen LogP contribution >= 0.6 is 0 Å². The normalized spacial score (nSPS) is 14.3. The third-order valence-electron chi connectivity index (χ3n) is 4.28. The third-order valence-corrected chi connectivity index (χ3v) is 4.28. The summed E-state index contributed by atoms with van der Waals surface area (Å²) in [6.45, 7) is 5.21. The number of carbonyl (C=O) groups is 1. The van der Waals surface area contributed by atoms with E-state index < -0.39 is 0 Å². The number of hydrogen-bond donors (Lipinski definition) is 1. The summed E-state index contributed by atoms with van der Waals surface area (Å²) in [5.41, 5.74) is 1.15. The first-order valence-electron chi connectivity index (χ1n) is 8.36. The molecule has 1 saturated heterocycles. The molecule has 2 heterocycles. The predicted octanol–water partition coefficient (Wildman–Crippen LogP) is 1.77. The Morgan fingerprint density at radius 1 is 1.16 bits per heavy atom. The molecule has 1 aliphatic heterocycles. The van der Waals surface area contributed by atoms with Gasteiger partial charge in [-0.15, -0.1) is 0 Å². The van der Waals surface area contributed by atoms with Crippen LogP contribution in [-0.2, 0) is 11.3 Å². The molecule has 0 saturated carbocycles. The monoisotopic (exact) mass is 341 g/mol. The van der Waals surface area contributed by atoms with E-state index in [-0.39, 0.29) is 5.91 Å². The Hall–Kier alpha value is -2.83. The lowest BCUT2D eigenvalue weighted by atomic mass is 10.2. The number of rotatable bonds is 5. The summed E-state index contributed by atoms with van der Waals surface area (Å²) in [4.78, 5) is 24.3. The maximum absolute atomic E-state index is 11.4. The fourth-order valence-corrected chi connectivity index (χ4v) is 2.76. The van der Waals surface area contributed by atoms with E-state index in [2.05, 4.69) is 20.2 Å². The largest absolute Gasteiger partial charge is 0.497 e. The van der Waals surface area contributed by atoms with E-state index in [0.717, 1.165) is 30.2 Å². The summed E-state index contributed by atoms with van der Waals surface area (Å²) in [5.74, 6) is 2.45. The molecule has 0 atom stereocenters. The predicted molar refractivity (Wildman–Crippen MR) is 96.8 cm³/mol. The topological polar surface area (TPSA) is 70.6 Å². The Morgan fingerprint density at radius 2 is 1.88 bits per heavy atom. The van der Waals surface area contributed by atoms with Crippen molar-refractivity contribution in [3.63, 3.8) is 0 Å². The van der Waals surface area contributed by atoms with Crippen molar-refractivity contribution >= 4 is 17.7 Å². The molecule has 2 aromatic rings. The van der Waals surface area contributed by atoms with Gasteiger partial charge in [0.1, 0.15) is 11.6 Å². The number of methoxy groups -OCH3 is 1. The third kappa shape index (κ3) is 4.37. The number of ether oxygens (including phenoxy) is 1. The number of nitrogens with one attached hydrogen (secondary N) is 1. The van der Waals surface area contributed by atoms with E-state index in [1.807, 2.05) is 35.2 Å². The first kappa shape index (κ1) is 17.0. The minimum absolute atomic E-state index is 0.121. The molecule has 0 radical (unpaired) electrons. The van der Waals surface area contributed by atoms with Gasteiger partial charge in [-0.1, -0.05) is 12.1 Å². The van der Waals surface area contributed by atoms with Gasteiger partial charge in [0.25, 0.3) is 0 Å². The molecule has 1 aromatic heterocycles. The highest BCUT2D eigenvalue weighted by atomic mass is 16.5. The number of benzene rings is 1. The van der Waals surface area contributed by atoms with Crippen molar-refractivity contribution in [2.45, 2.75) is 13.5 Å². The van der Waals surface area contributed by atoms with Crippen molar-refractivity contribution in [2.75, 3.05) is 43.5 Å². The summed E-state index contributed by atoms with van der Waals surface area (Å²) < 4.78 is 5.17. The van der Waals surface area contributed by atoms with Crippen LogP contribution in [0.25, 0.3) is 0 Å². The lowest BCUT2D eigenvalue weighted by molar-refractivity contribution is -0.129. The molecule has 1 aliphatic rings. The minimum atomic E-state index is 0.121. The highest BCUT2D eigenvalue weighted by molar-refractivity contribution is 5.73. The molecule has 3 rings (SSSR count). The number of amides is 1. The van der Waals surface area contributed by atoms with Crippen LogP contribution in [0.4, 0.5) is 11.8 Å². The zero-order chi connectivity index (χ0) is 17.6. The molecule has 7 nitrogen and oxygen atoms in total. The first-order valence-corrected chi connectivity index (χ1v) is 8.36. The summed E-state index contributed by atoms with van der Waals surface area (Å²) in [7, 11) is 1.66. The second-order valence-corrected chi connectivity index (χ2v) is 5.94. The van der Waals surface area contributed by atoms with E-state index in [1.54, 1.807) is 20.2 Å². The average molecular weight is 341 g/mol. The molecule has 132 valence electrons. The highest BCUT2D eigenvalue weighted by Crippen LogP contribution is 2.15. The van der Waals surface area contributed by atoms with Crippen LogP contribution in [0.2, 0.25) is 0 Å². The van der Waals surface area contributed by atoms with Gasteiger partial charge in [0.05, 0.1) is 7.11 Å². The molecule has 1 fully saturated rings. The maximum Gasteiger partial charge on any atom is 0.227 e. The van der Waals surface area contributed by atoms with Crippen LogP contribution in [0, 0.1) is 0 Å². The van der Waals surface area contributed by atoms with Gasteiger partial charge in [-0.3, -0.25) is 4.79 Å². The Bertz CT molecular complexity index is 712. The number of hydrogen-bond acceptors (Lipinski definition) is 6. The van der Waals surface area contributed by atoms with Crippen molar-refractivity contribution in [2.24, 2.45) is 0 Å². The van der Waals surface area contributed by atoms with Crippen LogP contribution in [0.5, 0.6) is 5.75 Å². The van der Waals surface area contributed by atoms with Crippen LogP contribution in [0.15, 0.2) is 36.5 Å². The minimum Gasteiger partial charge on any atom is -0.497 e. The second-order valence-electron chi connectivity index (χ2n) is 5.94. The number of anilines is 2. The maximum atomic E-state index is 11.4. The zero-order valence-electron chi connectivity index (χ0n) is 14.6. The summed E-state index contributed by atoms with van der Waals surface area (Å²) in [6.07, 6.45) is 1.76.